The highest BCUT2D eigenvalue weighted by atomic mass is 16.5. The zero-order valence-corrected chi connectivity index (χ0v) is 11.0. The van der Waals surface area contributed by atoms with Crippen LogP contribution in [0.15, 0.2) is 0 Å². The lowest BCUT2D eigenvalue weighted by atomic mass is 10.1. The first-order valence-electron chi connectivity index (χ1n) is 6.04. The summed E-state index contributed by atoms with van der Waals surface area (Å²) in [5.74, 6) is -1.81. The van der Waals surface area contributed by atoms with Crippen LogP contribution in [0.5, 0.6) is 0 Å². The molecule has 110 valence electrons. The number of carbonyl (C=O) groups excluding carboxylic acids is 2. The number of nitrogens with two attached hydrogens (primary N) is 1. The Kier molecular flexibility index (Phi) is 9.15. The van der Waals surface area contributed by atoms with Crippen molar-refractivity contribution in [2.75, 3.05) is 26.3 Å². The highest BCUT2D eigenvalue weighted by Gasteiger charge is 2.09. The van der Waals surface area contributed by atoms with Gasteiger partial charge in [0.2, 0.25) is 5.91 Å². The van der Waals surface area contributed by atoms with Gasteiger partial charge in [-0.25, -0.2) is 4.79 Å². The smallest absolute Gasteiger partial charge is 0.314 e. The first kappa shape index (κ1) is 17.2. The molecule has 1 unspecified atom stereocenters. The standard InChI is InChI=1S/C11H21N3O5/c1-8(10(16)17)3-2-4-13-11(18)14-5-6-19-7-9(12)15/h8H,2-7H2,1H3,(H2,12,15)(H,16,17)(H2,13,14,18). The summed E-state index contributed by atoms with van der Waals surface area (Å²) in [6.45, 7) is 2.33. The molecule has 19 heavy (non-hydrogen) atoms. The number of carbonyl (C=O) groups is 3. The van der Waals surface area contributed by atoms with Gasteiger partial charge in [0.05, 0.1) is 12.5 Å². The Hall–Kier alpha value is -1.83. The average Bonchev–Trinajstić information content (AvgIpc) is 2.33. The second-order valence-electron chi connectivity index (χ2n) is 4.08. The summed E-state index contributed by atoms with van der Waals surface area (Å²) in [6.07, 6.45) is 1.11. The zero-order valence-electron chi connectivity index (χ0n) is 11.0. The molecule has 0 aliphatic carbocycles. The largest absolute Gasteiger partial charge is 0.481 e. The highest BCUT2D eigenvalue weighted by Crippen LogP contribution is 2.03. The molecule has 0 saturated heterocycles. The van der Waals surface area contributed by atoms with Gasteiger partial charge in [-0.15, -0.1) is 0 Å². The van der Waals surface area contributed by atoms with E-state index in [-0.39, 0.29) is 25.8 Å². The van der Waals surface area contributed by atoms with Gasteiger partial charge in [-0.3, -0.25) is 9.59 Å². The van der Waals surface area contributed by atoms with E-state index in [1.54, 1.807) is 6.92 Å². The van der Waals surface area contributed by atoms with E-state index < -0.39 is 17.8 Å². The molecule has 0 spiro atoms. The van der Waals surface area contributed by atoms with Crippen molar-refractivity contribution >= 4 is 17.9 Å². The van der Waals surface area contributed by atoms with Crippen molar-refractivity contribution in [3.05, 3.63) is 0 Å². The number of primary amides is 1. The average molecular weight is 275 g/mol. The van der Waals surface area contributed by atoms with Gasteiger partial charge in [0.1, 0.15) is 6.61 Å². The van der Waals surface area contributed by atoms with E-state index in [0.29, 0.717) is 19.4 Å². The molecule has 5 N–H and O–H groups in total. The normalized spacial score (nSPS) is 11.6. The molecular weight excluding hydrogens is 254 g/mol. The minimum absolute atomic E-state index is 0.170. The van der Waals surface area contributed by atoms with Crippen molar-refractivity contribution in [3.8, 4) is 0 Å². The van der Waals surface area contributed by atoms with Crippen LogP contribution in [0.25, 0.3) is 0 Å². The van der Waals surface area contributed by atoms with Crippen LogP contribution in [0.1, 0.15) is 19.8 Å². The summed E-state index contributed by atoms with van der Waals surface area (Å²) in [4.78, 5) is 32.1. The number of carboxylic acid groups (broad SMARTS) is 1. The SMILES string of the molecule is CC(CCCNC(=O)NCCOCC(N)=O)C(=O)O. The Labute approximate surface area is 111 Å². The third-order valence-electron chi connectivity index (χ3n) is 2.30. The second-order valence-corrected chi connectivity index (χ2v) is 4.08. The number of aliphatic carboxylic acids is 1. The van der Waals surface area contributed by atoms with Crippen molar-refractivity contribution in [1.29, 1.82) is 0 Å². The first-order valence-corrected chi connectivity index (χ1v) is 6.04. The quantitative estimate of drug-likeness (QED) is 0.391. The Bertz CT molecular complexity index is 309. The maximum Gasteiger partial charge on any atom is 0.314 e. The molecule has 0 aromatic carbocycles. The summed E-state index contributed by atoms with van der Waals surface area (Å²) < 4.78 is 4.85. The fourth-order valence-corrected chi connectivity index (χ4v) is 1.21. The van der Waals surface area contributed by atoms with Crippen LogP contribution in [0, 0.1) is 5.92 Å². The van der Waals surface area contributed by atoms with Crippen LogP contribution < -0.4 is 16.4 Å². The topological polar surface area (TPSA) is 131 Å². The Morgan fingerprint density at radius 1 is 1.26 bits per heavy atom. The Morgan fingerprint density at radius 3 is 2.47 bits per heavy atom. The van der Waals surface area contributed by atoms with Gasteiger partial charge in [0.25, 0.3) is 0 Å². The minimum atomic E-state index is -0.837. The van der Waals surface area contributed by atoms with E-state index in [0.717, 1.165) is 0 Å². The van der Waals surface area contributed by atoms with Crippen molar-refractivity contribution < 1.29 is 24.2 Å². The van der Waals surface area contributed by atoms with Gasteiger partial charge in [0.15, 0.2) is 0 Å². The Balaban J connectivity index is 3.40. The maximum absolute atomic E-state index is 11.2. The van der Waals surface area contributed by atoms with E-state index in [9.17, 15) is 14.4 Å². The van der Waals surface area contributed by atoms with Gasteiger partial charge in [-0.1, -0.05) is 6.92 Å². The monoisotopic (exact) mass is 275 g/mol. The van der Waals surface area contributed by atoms with Crippen molar-refractivity contribution in [1.82, 2.24) is 10.6 Å². The second kappa shape index (κ2) is 10.1. The molecular formula is C11H21N3O5. The number of rotatable bonds is 10. The molecule has 0 saturated carbocycles. The molecule has 8 nitrogen and oxygen atoms in total. The number of hydrogen-bond donors (Lipinski definition) is 4. The third-order valence-corrected chi connectivity index (χ3v) is 2.30. The summed E-state index contributed by atoms with van der Waals surface area (Å²) in [5, 5.41) is 13.8. The molecule has 0 aromatic rings. The summed E-state index contributed by atoms with van der Waals surface area (Å²) in [5.41, 5.74) is 4.86. The molecule has 3 amide bonds. The summed E-state index contributed by atoms with van der Waals surface area (Å²) in [7, 11) is 0. The van der Waals surface area contributed by atoms with Gasteiger partial charge < -0.3 is 26.2 Å². The fourth-order valence-electron chi connectivity index (χ4n) is 1.21. The molecule has 8 heteroatoms. The number of amides is 3. The van der Waals surface area contributed by atoms with E-state index >= 15 is 0 Å². The Morgan fingerprint density at radius 2 is 1.89 bits per heavy atom. The summed E-state index contributed by atoms with van der Waals surface area (Å²) in [6, 6.07) is -0.356. The van der Waals surface area contributed by atoms with Crippen molar-refractivity contribution in [2.45, 2.75) is 19.8 Å². The van der Waals surface area contributed by atoms with Gasteiger partial charge in [-0.05, 0) is 12.8 Å². The molecule has 0 bridgehead atoms. The lowest BCUT2D eigenvalue weighted by molar-refractivity contribution is -0.141. The lowest BCUT2D eigenvalue weighted by Gasteiger charge is -2.09. The molecule has 0 aliphatic heterocycles. The van der Waals surface area contributed by atoms with Gasteiger partial charge in [0, 0.05) is 13.1 Å². The van der Waals surface area contributed by atoms with E-state index in [1.807, 2.05) is 0 Å². The molecule has 0 rings (SSSR count). The molecule has 0 radical (unpaired) electrons. The molecule has 1 atom stereocenters. The van der Waals surface area contributed by atoms with Crippen molar-refractivity contribution in [3.63, 3.8) is 0 Å². The van der Waals surface area contributed by atoms with Crippen molar-refractivity contribution in [2.24, 2.45) is 11.7 Å². The zero-order chi connectivity index (χ0) is 14.7. The number of urea groups is 1. The molecule has 0 aliphatic rings. The first-order chi connectivity index (χ1) is 8.93. The van der Waals surface area contributed by atoms with Crippen LogP contribution >= 0.6 is 0 Å². The van der Waals surface area contributed by atoms with E-state index in [1.165, 1.54) is 0 Å². The fraction of sp³-hybridized carbons (Fsp3) is 0.727. The molecule has 0 aromatic heterocycles. The van der Waals surface area contributed by atoms with Gasteiger partial charge in [-0.2, -0.15) is 0 Å². The molecule has 0 heterocycles. The number of hydrogen-bond acceptors (Lipinski definition) is 4. The van der Waals surface area contributed by atoms with E-state index in [4.69, 9.17) is 15.6 Å². The third kappa shape index (κ3) is 11.0. The lowest BCUT2D eigenvalue weighted by Crippen LogP contribution is -2.38. The highest BCUT2D eigenvalue weighted by molar-refractivity contribution is 5.75. The predicted octanol–water partition coefficient (Wildman–Crippen LogP) is -0.712. The van der Waals surface area contributed by atoms with Gasteiger partial charge >= 0.3 is 12.0 Å². The van der Waals surface area contributed by atoms with Crippen LogP contribution in [-0.4, -0.2) is 49.3 Å². The maximum atomic E-state index is 11.2. The van der Waals surface area contributed by atoms with Crippen LogP contribution in [0.3, 0.4) is 0 Å². The van der Waals surface area contributed by atoms with Crippen LogP contribution in [0.2, 0.25) is 0 Å². The minimum Gasteiger partial charge on any atom is -0.481 e. The van der Waals surface area contributed by atoms with Crippen LogP contribution in [0.4, 0.5) is 4.79 Å². The predicted molar refractivity (Wildman–Crippen MR) is 67.4 cm³/mol. The van der Waals surface area contributed by atoms with Crippen LogP contribution in [-0.2, 0) is 14.3 Å². The summed E-state index contributed by atoms with van der Waals surface area (Å²) >= 11 is 0. The number of ether oxygens (including phenoxy) is 1. The molecule has 0 fully saturated rings. The number of nitrogens with one attached hydrogen (secondary N) is 2. The van der Waals surface area contributed by atoms with E-state index in [2.05, 4.69) is 10.6 Å². The number of carboxylic acids is 1.